The fourth-order valence-corrected chi connectivity index (χ4v) is 3.63. The second-order valence-electron chi connectivity index (χ2n) is 5.53. The molecule has 0 spiro atoms. The third kappa shape index (κ3) is 3.78. The van der Waals surface area contributed by atoms with Gasteiger partial charge >= 0.3 is 0 Å². The highest BCUT2D eigenvalue weighted by Crippen LogP contribution is 2.30. The van der Waals surface area contributed by atoms with E-state index in [0.717, 1.165) is 15.8 Å². The zero-order valence-electron chi connectivity index (χ0n) is 14.0. The third-order valence-corrected chi connectivity index (χ3v) is 5.05. The Hall–Kier alpha value is -2.51. The first-order valence-electron chi connectivity index (χ1n) is 7.61. The van der Waals surface area contributed by atoms with Crippen LogP contribution in [0.1, 0.15) is 21.5 Å². The predicted molar refractivity (Wildman–Crippen MR) is 106 cm³/mol. The van der Waals surface area contributed by atoms with E-state index >= 15 is 0 Å². The zero-order valence-corrected chi connectivity index (χ0v) is 15.7. The molecule has 2 N–H and O–H groups in total. The minimum atomic E-state index is -0.284. The molecule has 0 radical (unpaired) electrons. The van der Waals surface area contributed by atoms with Gasteiger partial charge in [0.1, 0.15) is 5.75 Å². The molecule has 128 valence electrons. The number of benzene rings is 2. The van der Waals surface area contributed by atoms with E-state index in [1.54, 1.807) is 31.4 Å². The van der Waals surface area contributed by atoms with Crippen molar-refractivity contribution < 1.29 is 9.53 Å². The Balaban J connectivity index is 1.70. The Labute approximate surface area is 155 Å². The SMILES string of the molecule is COc1ccc(C(=O)NC(=S)Nc2nc3c(C)ccc(C)c3s2)cc1. The molecule has 0 aliphatic rings. The van der Waals surface area contributed by atoms with Crippen LogP contribution in [0.3, 0.4) is 0 Å². The Morgan fingerprint density at radius 1 is 1.12 bits per heavy atom. The molecular formula is C18H17N3O2S2. The van der Waals surface area contributed by atoms with Gasteiger partial charge in [-0.15, -0.1) is 0 Å². The molecule has 1 amide bonds. The first-order chi connectivity index (χ1) is 12.0. The minimum Gasteiger partial charge on any atom is -0.497 e. The summed E-state index contributed by atoms with van der Waals surface area (Å²) in [5, 5.41) is 6.53. The molecule has 3 rings (SSSR count). The van der Waals surface area contributed by atoms with Crippen LogP contribution >= 0.6 is 23.6 Å². The van der Waals surface area contributed by atoms with E-state index in [4.69, 9.17) is 17.0 Å². The summed E-state index contributed by atoms with van der Waals surface area (Å²) >= 11 is 6.75. The highest BCUT2D eigenvalue weighted by atomic mass is 32.1. The predicted octanol–water partition coefficient (Wildman–Crippen LogP) is 4.05. The van der Waals surface area contributed by atoms with Crippen molar-refractivity contribution in [3.8, 4) is 5.75 Å². The molecule has 5 nitrogen and oxygen atoms in total. The van der Waals surface area contributed by atoms with Crippen LogP contribution in [0.25, 0.3) is 10.2 Å². The van der Waals surface area contributed by atoms with Crippen LogP contribution in [0.2, 0.25) is 0 Å². The molecule has 0 fully saturated rings. The minimum absolute atomic E-state index is 0.218. The number of rotatable bonds is 3. The number of nitrogens with zero attached hydrogens (tertiary/aromatic N) is 1. The van der Waals surface area contributed by atoms with E-state index < -0.39 is 0 Å². The number of nitrogens with one attached hydrogen (secondary N) is 2. The lowest BCUT2D eigenvalue weighted by Crippen LogP contribution is -2.34. The Kier molecular flexibility index (Phi) is 4.96. The van der Waals surface area contributed by atoms with Gasteiger partial charge in [-0.1, -0.05) is 23.5 Å². The van der Waals surface area contributed by atoms with Gasteiger partial charge in [-0.05, 0) is 61.5 Å². The molecule has 0 atom stereocenters. The van der Waals surface area contributed by atoms with Gasteiger partial charge in [-0.25, -0.2) is 4.98 Å². The van der Waals surface area contributed by atoms with Crippen LogP contribution in [0.4, 0.5) is 5.13 Å². The standard InChI is InChI=1S/C18H17N3O2S2/c1-10-4-5-11(2)15-14(10)19-18(25-15)21-17(24)20-16(22)12-6-8-13(23-3)9-7-12/h4-9H,1-3H3,(H2,19,20,21,22,24). The topological polar surface area (TPSA) is 63.2 Å². The molecule has 0 saturated carbocycles. The zero-order chi connectivity index (χ0) is 18.0. The summed E-state index contributed by atoms with van der Waals surface area (Å²) in [6.07, 6.45) is 0. The van der Waals surface area contributed by atoms with Crippen LogP contribution in [-0.4, -0.2) is 23.1 Å². The van der Waals surface area contributed by atoms with Crippen molar-refractivity contribution >= 4 is 49.9 Å². The smallest absolute Gasteiger partial charge is 0.257 e. The average molecular weight is 371 g/mol. The summed E-state index contributed by atoms with van der Waals surface area (Å²) in [6.45, 7) is 4.07. The van der Waals surface area contributed by atoms with Crippen LogP contribution < -0.4 is 15.4 Å². The molecule has 7 heteroatoms. The number of hydrogen-bond acceptors (Lipinski definition) is 5. The van der Waals surface area contributed by atoms with Crippen molar-refractivity contribution in [3.05, 3.63) is 53.1 Å². The molecule has 3 aromatic rings. The first kappa shape index (κ1) is 17.3. The molecular weight excluding hydrogens is 354 g/mol. The summed E-state index contributed by atoms with van der Waals surface area (Å²) in [6, 6.07) is 10.9. The van der Waals surface area contributed by atoms with Crippen molar-refractivity contribution in [2.75, 3.05) is 12.4 Å². The van der Waals surface area contributed by atoms with E-state index in [-0.39, 0.29) is 11.0 Å². The van der Waals surface area contributed by atoms with E-state index in [0.29, 0.717) is 16.4 Å². The van der Waals surface area contributed by atoms with Gasteiger partial charge in [0, 0.05) is 5.56 Å². The number of thiocarbonyl (C=S) groups is 1. The Morgan fingerprint density at radius 2 is 1.80 bits per heavy atom. The molecule has 0 unspecified atom stereocenters. The highest BCUT2D eigenvalue weighted by molar-refractivity contribution is 7.80. The van der Waals surface area contributed by atoms with Gasteiger partial charge in [-0.2, -0.15) is 0 Å². The van der Waals surface area contributed by atoms with Crippen LogP contribution in [0.5, 0.6) is 5.75 Å². The van der Waals surface area contributed by atoms with E-state index in [9.17, 15) is 4.79 Å². The van der Waals surface area contributed by atoms with Crippen LogP contribution in [0.15, 0.2) is 36.4 Å². The number of methoxy groups -OCH3 is 1. The molecule has 0 saturated heterocycles. The number of aryl methyl sites for hydroxylation is 2. The maximum absolute atomic E-state index is 12.2. The summed E-state index contributed by atoms with van der Waals surface area (Å²) in [5.74, 6) is 0.408. The Bertz CT molecular complexity index is 910. The number of ether oxygens (including phenoxy) is 1. The quantitative estimate of drug-likeness (QED) is 0.680. The number of hydrogen-bond donors (Lipinski definition) is 2. The number of thiazole rings is 1. The first-order valence-corrected chi connectivity index (χ1v) is 8.83. The van der Waals surface area contributed by atoms with Crippen molar-refractivity contribution in [2.24, 2.45) is 0 Å². The van der Waals surface area contributed by atoms with Crippen molar-refractivity contribution in [3.63, 3.8) is 0 Å². The monoisotopic (exact) mass is 371 g/mol. The average Bonchev–Trinajstić information content (AvgIpc) is 3.03. The number of amides is 1. The number of anilines is 1. The summed E-state index contributed by atoms with van der Waals surface area (Å²) in [7, 11) is 1.58. The van der Waals surface area contributed by atoms with Gasteiger partial charge in [0.2, 0.25) is 0 Å². The van der Waals surface area contributed by atoms with Crippen LogP contribution in [0, 0.1) is 13.8 Å². The van der Waals surface area contributed by atoms with Crippen LogP contribution in [-0.2, 0) is 0 Å². The summed E-state index contributed by atoms with van der Waals surface area (Å²) < 4.78 is 6.20. The maximum atomic E-state index is 12.2. The molecule has 1 aromatic heterocycles. The fraction of sp³-hybridized carbons (Fsp3) is 0.167. The van der Waals surface area contributed by atoms with Crippen molar-refractivity contribution in [1.82, 2.24) is 10.3 Å². The number of carbonyl (C=O) groups excluding carboxylic acids is 1. The van der Waals surface area contributed by atoms with Gasteiger partial charge in [0.15, 0.2) is 10.2 Å². The lowest BCUT2D eigenvalue weighted by molar-refractivity contribution is 0.0977. The lowest BCUT2D eigenvalue weighted by atomic mass is 10.1. The van der Waals surface area contributed by atoms with Gasteiger partial charge in [0.05, 0.1) is 17.3 Å². The Morgan fingerprint density at radius 3 is 2.44 bits per heavy atom. The lowest BCUT2D eigenvalue weighted by Gasteiger charge is -2.07. The van der Waals surface area contributed by atoms with E-state index in [1.165, 1.54) is 16.9 Å². The molecule has 0 bridgehead atoms. The fourth-order valence-electron chi connectivity index (χ4n) is 2.36. The van der Waals surface area contributed by atoms with E-state index in [2.05, 4.69) is 21.7 Å². The normalized spacial score (nSPS) is 10.5. The molecule has 1 heterocycles. The van der Waals surface area contributed by atoms with Crippen molar-refractivity contribution in [2.45, 2.75) is 13.8 Å². The molecule has 0 aliphatic heterocycles. The largest absolute Gasteiger partial charge is 0.497 e. The molecule has 0 aliphatic carbocycles. The summed E-state index contributed by atoms with van der Waals surface area (Å²) in [5.41, 5.74) is 3.73. The van der Waals surface area contributed by atoms with Crippen molar-refractivity contribution in [1.29, 1.82) is 0 Å². The number of carbonyl (C=O) groups is 1. The number of aromatic nitrogens is 1. The second-order valence-corrected chi connectivity index (χ2v) is 6.94. The second kappa shape index (κ2) is 7.16. The molecule has 25 heavy (non-hydrogen) atoms. The number of fused-ring (bicyclic) bond motifs is 1. The van der Waals surface area contributed by atoms with Gasteiger partial charge in [-0.3, -0.25) is 10.1 Å². The molecule has 2 aromatic carbocycles. The van der Waals surface area contributed by atoms with Gasteiger partial charge < -0.3 is 10.1 Å². The third-order valence-electron chi connectivity index (χ3n) is 3.74. The maximum Gasteiger partial charge on any atom is 0.257 e. The van der Waals surface area contributed by atoms with Gasteiger partial charge in [0.25, 0.3) is 5.91 Å². The highest BCUT2D eigenvalue weighted by Gasteiger charge is 2.12. The summed E-state index contributed by atoms with van der Waals surface area (Å²) in [4.78, 5) is 16.8. The van der Waals surface area contributed by atoms with E-state index in [1.807, 2.05) is 19.9 Å².